The molecule has 1 aromatic heterocycles. The van der Waals surface area contributed by atoms with E-state index in [0.29, 0.717) is 53.4 Å². The Labute approximate surface area is 187 Å². The van der Waals surface area contributed by atoms with Crippen LogP contribution in [0.4, 0.5) is 0 Å². The van der Waals surface area contributed by atoms with Gasteiger partial charge in [-0.25, -0.2) is 0 Å². The van der Waals surface area contributed by atoms with Crippen LogP contribution in [0.15, 0.2) is 55.8 Å². The molecule has 168 valence electrons. The van der Waals surface area contributed by atoms with E-state index in [2.05, 4.69) is 18.1 Å². The summed E-state index contributed by atoms with van der Waals surface area (Å²) in [5.74, 6) is 3.04. The van der Waals surface area contributed by atoms with E-state index in [1.807, 2.05) is 24.3 Å². The SMILES string of the molecule is C=CCOc1c(OC)cc(-c2nccc3cc(OC)c(OCC=C)c(OC)c23)cc1OC. The Bertz CT molecular complexity index is 1100. The van der Waals surface area contributed by atoms with Crippen LogP contribution < -0.4 is 28.4 Å². The lowest BCUT2D eigenvalue weighted by Crippen LogP contribution is -2.02. The summed E-state index contributed by atoms with van der Waals surface area (Å²) in [4.78, 5) is 4.64. The lowest BCUT2D eigenvalue weighted by atomic mass is 10.0. The second-order valence-corrected chi connectivity index (χ2v) is 6.61. The van der Waals surface area contributed by atoms with Crippen molar-refractivity contribution in [3.05, 3.63) is 55.8 Å². The van der Waals surface area contributed by atoms with Gasteiger partial charge < -0.3 is 28.4 Å². The zero-order valence-corrected chi connectivity index (χ0v) is 18.8. The fourth-order valence-electron chi connectivity index (χ4n) is 3.41. The molecule has 2 aromatic carbocycles. The van der Waals surface area contributed by atoms with Gasteiger partial charge in [-0.15, -0.1) is 0 Å². The summed E-state index contributed by atoms with van der Waals surface area (Å²) in [6.07, 6.45) is 5.04. The van der Waals surface area contributed by atoms with Crippen LogP contribution >= 0.6 is 0 Å². The third kappa shape index (κ3) is 4.27. The third-order valence-corrected chi connectivity index (χ3v) is 4.78. The van der Waals surface area contributed by atoms with Crippen LogP contribution in [0.1, 0.15) is 0 Å². The van der Waals surface area contributed by atoms with E-state index in [1.54, 1.807) is 46.8 Å². The molecular weight excluding hydrogens is 410 g/mol. The molecule has 0 aliphatic heterocycles. The second-order valence-electron chi connectivity index (χ2n) is 6.61. The van der Waals surface area contributed by atoms with E-state index in [4.69, 9.17) is 28.4 Å². The highest BCUT2D eigenvalue weighted by molar-refractivity contribution is 6.02. The Balaban J connectivity index is 2.31. The number of hydrogen-bond donors (Lipinski definition) is 0. The van der Waals surface area contributed by atoms with Gasteiger partial charge in [0.1, 0.15) is 13.2 Å². The molecule has 0 bridgehead atoms. The molecule has 0 N–H and O–H groups in total. The highest BCUT2D eigenvalue weighted by Gasteiger charge is 2.22. The predicted molar refractivity (Wildman–Crippen MR) is 125 cm³/mol. The summed E-state index contributed by atoms with van der Waals surface area (Å²) >= 11 is 0. The number of aromatic nitrogens is 1. The van der Waals surface area contributed by atoms with Crippen LogP contribution in [0.3, 0.4) is 0 Å². The largest absolute Gasteiger partial charge is 0.493 e. The molecule has 0 atom stereocenters. The summed E-state index contributed by atoms with van der Waals surface area (Å²) in [6.45, 7) is 8.02. The number of methoxy groups -OCH3 is 4. The van der Waals surface area contributed by atoms with E-state index in [9.17, 15) is 0 Å². The summed E-state index contributed by atoms with van der Waals surface area (Å²) in [7, 11) is 6.31. The average molecular weight is 437 g/mol. The highest BCUT2D eigenvalue weighted by Crippen LogP contribution is 2.48. The maximum atomic E-state index is 5.88. The molecular formula is C25H27NO6. The Morgan fingerprint density at radius 2 is 1.31 bits per heavy atom. The molecule has 3 rings (SSSR count). The molecule has 7 nitrogen and oxygen atoms in total. The minimum atomic E-state index is 0.296. The first-order chi connectivity index (χ1) is 15.6. The highest BCUT2D eigenvalue weighted by atomic mass is 16.5. The first-order valence-electron chi connectivity index (χ1n) is 9.90. The fraction of sp³-hybridized carbons (Fsp3) is 0.240. The maximum Gasteiger partial charge on any atom is 0.204 e. The fourth-order valence-corrected chi connectivity index (χ4v) is 3.41. The Morgan fingerprint density at radius 1 is 0.750 bits per heavy atom. The van der Waals surface area contributed by atoms with Crippen LogP contribution in [-0.2, 0) is 0 Å². The van der Waals surface area contributed by atoms with E-state index < -0.39 is 0 Å². The normalized spacial score (nSPS) is 10.4. The molecule has 0 fully saturated rings. The molecule has 3 aromatic rings. The molecule has 0 saturated carbocycles. The quantitative estimate of drug-likeness (QED) is 0.388. The van der Waals surface area contributed by atoms with E-state index in [-0.39, 0.29) is 0 Å². The zero-order valence-electron chi connectivity index (χ0n) is 18.8. The summed E-state index contributed by atoms with van der Waals surface area (Å²) in [5.41, 5.74) is 1.42. The molecule has 0 amide bonds. The van der Waals surface area contributed by atoms with Gasteiger partial charge in [-0.1, -0.05) is 25.3 Å². The van der Waals surface area contributed by atoms with Gasteiger partial charge >= 0.3 is 0 Å². The molecule has 0 aliphatic carbocycles. The van der Waals surface area contributed by atoms with Gasteiger partial charge in [0.25, 0.3) is 0 Å². The van der Waals surface area contributed by atoms with Crippen molar-refractivity contribution in [1.82, 2.24) is 4.98 Å². The average Bonchev–Trinajstić information content (AvgIpc) is 2.84. The van der Waals surface area contributed by atoms with Crippen molar-refractivity contribution in [2.75, 3.05) is 41.7 Å². The molecule has 0 saturated heterocycles. The lowest BCUT2D eigenvalue weighted by molar-refractivity contribution is 0.301. The summed E-state index contributed by atoms with van der Waals surface area (Å²) < 4.78 is 34.1. The van der Waals surface area contributed by atoms with Crippen LogP contribution in [0, 0.1) is 0 Å². The Hall–Kier alpha value is -3.87. The number of rotatable bonds is 11. The Morgan fingerprint density at radius 3 is 1.84 bits per heavy atom. The van der Waals surface area contributed by atoms with Gasteiger partial charge in [-0.3, -0.25) is 4.98 Å². The van der Waals surface area contributed by atoms with Crippen molar-refractivity contribution in [2.24, 2.45) is 0 Å². The molecule has 7 heteroatoms. The minimum Gasteiger partial charge on any atom is -0.493 e. The molecule has 32 heavy (non-hydrogen) atoms. The van der Waals surface area contributed by atoms with Crippen LogP contribution in [0.2, 0.25) is 0 Å². The van der Waals surface area contributed by atoms with Crippen LogP contribution in [0.25, 0.3) is 22.0 Å². The predicted octanol–water partition coefficient (Wildman–Crippen LogP) is 5.07. The molecule has 0 spiro atoms. The smallest absolute Gasteiger partial charge is 0.204 e. The number of hydrogen-bond acceptors (Lipinski definition) is 7. The van der Waals surface area contributed by atoms with Gasteiger partial charge in [0, 0.05) is 11.8 Å². The van der Waals surface area contributed by atoms with E-state index >= 15 is 0 Å². The van der Waals surface area contributed by atoms with Crippen molar-refractivity contribution in [3.63, 3.8) is 0 Å². The standard InChI is InChI=1S/C25H27NO6/c1-7-11-31-23-18(27-3)14-17(15-19(23)28-4)22-21-16(9-10-26-22)13-20(29-5)24(25(21)30-6)32-12-8-2/h7-10,13-15H,1-2,11-12H2,3-6H3. The number of pyridine rings is 1. The first-order valence-corrected chi connectivity index (χ1v) is 9.90. The van der Waals surface area contributed by atoms with Gasteiger partial charge in [0.05, 0.1) is 39.5 Å². The summed E-state index contributed by atoms with van der Waals surface area (Å²) in [5, 5.41) is 1.64. The Kier molecular flexibility index (Phi) is 7.44. The lowest BCUT2D eigenvalue weighted by Gasteiger charge is -2.19. The van der Waals surface area contributed by atoms with Crippen molar-refractivity contribution in [3.8, 4) is 45.8 Å². The number of ether oxygens (including phenoxy) is 6. The van der Waals surface area contributed by atoms with Gasteiger partial charge in [0.2, 0.25) is 11.5 Å². The molecule has 0 aliphatic rings. The molecule has 1 heterocycles. The number of benzene rings is 2. The van der Waals surface area contributed by atoms with Crippen molar-refractivity contribution >= 4 is 10.8 Å². The van der Waals surface area contributed by atoms with Gasteiger partial charge in [-0.2, -0.15) is 0 Å². The van der Waals surface area contributed by atoms with Crippen LogP contribution in [0.5, 0.6) is 34.5 Å². The van der Waals surface area contributed by atoms with Crippen molar-refractivity contribution < 1.29 is 28.4 Å². The number of fused-ring (bicyclic) bond motifs is 1. The van der Waals surface area contributed by atoms with Crippen molar-refractivity contribution in [2.45, 2.75) is 0 Å². The third-order valence-electron chi connectivity index (χ3n) is 4.78. The first kappa shape index (κ1) is 22.8. The van der Waals surface area contributed by atoms with E-state index in [0.717, 1.165) is 16.3 Å². The van der Waals surface area contributed by atoms with Gasteiger partial charge in [0.15, 0.2) is 23.0 Å². The molecule has 0 unspecified atom stereocenters. The monoisotopic (exact) mass is 437 g/mol. The molecule has 0 radical (unpaired) electrons. The van der Waals surface area contributed by atoms with E-state index in [1.165, 1.54) is 0 Å². The second kappa shape index (κ2) is 10.4. The van der Waals surface area contributed by atoms with Crippen molar-refractivity contribution in [1.29, 1.82) is 0 Å². The zero-order chi connectivity index (χ0) is 23.1. The summed E-state index contributed by atoms with van der Waals surface area (Å²) in [6, 6.07) is 7.46. The minimum absolute atomic E-state index is 0.296. The maximum absolute atomic E-state index is 5.88. The van der Waals surface area contributed by atoms with Gasteiger partial charge in [-0.05, 0) is 29.7 Å². The van der Waals surface area contributed by atoms with Crippen LogP contribution in [-0.4, -0.2) is 46.6 Å². The number of nitrogens with zero attached hydrogens (tertiary/aromatic N) is 1. The topological polar surface area (TPSA) is 68.3 Å².